The normalized spacial score (nSPS) is 10.6. The van der Waals surface area contributed by atoms with Crippen LogP contribution in [0.4, 0.5) is 0 Å². The minimum Gasteiger partial charge on any atom is -0.353 e. The van der Waals surface area contributed by atoms with Crippen LogP contribution in [0.1, 0.15) is 0 Å². The first kappa shape index (κ1) is 16.8. The molecule has 0 saturated carbocycles. The molecule has 3 heterocycles. The Balaban J connectivity index is 1.59. The lowest BCUT2D eigenvalue weighted by Gasteiger charge is -2.08. The van der Waals surface area contributed by atoms with Crippen molar-refractivity contribution in [3.63, 3.8) is 0 Å². The Morgan fingerprint density at radius 3 is 2.80 bits per heavy atom. The third-order valence-electron chi connectivity index (χ3n) is 3.39. The van der Waals surface area contributed by atoms with Gasteiger partial charge in [0.05, 0.1) is 17.7 Å². The molecule has 0 unspecified atom stereocenters. The van der Waals surface area contributed by atoms with Gasteiger partial charge in [-0.05, 0) is 17.5 Å². The number of rotatable bonds is 6. The second kappa shape index (κ2) is 7.67. The van der Waals surface area contributed by atoms with E-state index in [0.29, 0.717) is 5.69 Å². The molecule has 0 spiro atoms. The summed E-state index contributed by atoms with van der Waals surface area (Å²) in [6.07, 6.45) is 2.67. The lowest BCUT2D eigenvalue weighted by Crippen LogP contribution is -2.35. The van der Waals surface area contributed by atoms with Crippen molar-refractivity contribution in [1.82, 2.24) is 24.6 Å². The first-order chi connectivity index (χ1) is 12.1. The molecule has 0 bridgehead atoms. The van der Waals surface area contributed by atoms with Gasteiger partial charge in [-0.1, -0.05) is 6.07 Å². The number of carbonyl (C=O) groups is 1. The lowest BCUT2D eigenvalue weighted by molar-refractivity contribution is -0.121. The van der Waals surface area contributed by atoms with Gasteiger partial charge in [0.2, 0.25) is 5.91 Å². The van der Waals surface area contributed by atoms with Crippen molar-refractivity contribution < 1.29 is 4.79 Å². The average Bonchev–Trinajstić information content (AvgIpc) is 3.13. The molecule has 9 heteroatoms. The smallest absolute Gasteiger partial charge is 0.266 e. The van der Waals surface area contributed by atoms with Gasteiger partial charge in [-0.15, -0.1) is 11.3 Å². The fourth-order valence-electron chi connectivity index (χ4n) is 2.17. The van der Waals surface area contributed by atoms with E-state index in [2.05, 4.69) is 15.4 Å². The van der Waals surface area contributed by atoms with Crippen LogP contribution in [0, 0.1) is 0 Å². The highest BCUT2D eigenvalue weighted by molar-refractivity contribution is 7.13. The predicted molar refractivity (Wildman–Crippen MR) is 93.3 cm³/mol. The maximum atomic E-state index is 11.9. The van der Waals surface area contributed by atoms with Crippen LogP contribution in [-0.4, -0.2) is 31.8 Å². The minimum atomic E-state index is -0.336. The molecule has 0 atom stereocenters. The largest absolute Gasteiger partial charge is 0.353 e. The fraction of sp³-hybridized carbons (Fsp3) is 0.188. The van der Waals surface area contributed by atoms with Gasteiger partial charge in [-0.25, -0.2) is 9.67 Å². The first-order valence-corrected chi connectivity index (χ1v) is 8.40. The van der Waals surface area contributed by atoms with Crippen molar-refractivity contribution in [2.45, 2.75) is 13.1 Å². The van der Waals surface area contributed by atoms with Crippen molar-refractivity contribution in [3.05, 3.63) is 68.9 Å². The van der Waals surface area contributed by atoms with E-state index in [1.54, 1.807) is 6.07 Å². The summed E-state index contributed by atoms with van der Waals surface area (Å²) in [6.45, 7) is 0.352. The van der Waals surface area contributed by atoms with Crippen LogP contribution < -0.4 is 16.4 Å². The number of amides is 1. The second-order valence-corrected chi connectivity index (χ2v) is 6.10. The molecule has 3 aromatic heterocycles. The predicted octanol–water partition coefficient (Wildman–Crippen LogP) is 0.345. The second-order valence-electron chi connectivity index (χ2n) is 5.15. The molecule has 0 aliphatic carbocycles. The summed E-state index contributed by atoms with van der Waals surface area (Å²) in [4.78, 5) is 40.1. The molecule has 0 aliphatic heterocycles. The van der Waals surface area contributed by atoms with Crippen LogP contribution in [0.2, 0.25) is 0 Å². The van der Waals surface area contributed by atoms with E-state index in [1.807, 2.05) is 17.5 Å². The van der Waals surface area contributed by atoms with Crippen LogP contribution in [-0.2, 0) is 17.9 Å². The monoisotopic (exact) mass is 357 g/mol. The number of nitrogens with one attached hydrogen (secondary N) is 1. The molecule has 8 nitrogen and oxygen atoms in total. The highest BCUT2D eigenvalue weighted by atomic mass is 32.1. The van der Waals surface area contributed by atoms with Gasteiger partial charge in [0, 0.05) is 24.9 Å². The van der Waals surface area contributed by atoms with Crippen molar-refractivity contribution in [1.29, 1.82) is 0 Å². The van der Waals surface area contributed by atoms with Crippen LogP contribution in [0.15, 0.2) is 57.8 Å². The molecule has 128 valence electrons. The van der Waals surface area contributed by atoms with Crippen LogP contribution >= 0.6 is 11.3 Å². The Kier molecular flexibility index (Phi) is 5.14. The van der Waals surface area contributed by atoms with E-state index in [4.69, 9.17) is 0 Å². The van der Waals surface area contributed by atoms with E-state index < -0.39 is 0 Å². The van der Waals surface area contributed by atoms with E-state index >= 15 is 0 Å². The maximum Gasteiger partial charge on any atom is 0.266 e. The Labute approximate surface area is 146 Å². The van der Waals surface area contributed by atoms with Gasteiger partial charge in [-0.3, -0.25) is 19.0 Å². The summed E-state index contributed by atoms with van der Waals surface area (Å²) in [5.41, 5.74) is 0.174. The van der Waals surface area contributed by atoms with Gasteiger partial charge in [0.15, 0.2) is 0 Å². The highest BCUT2D eigenvalue weighted by Crippen LogP contribution is 2.20. The van der Waals surface area contributed by atoms with E-state index in [1.165, 1.54) is 45.2 Å². The molecule has 0 fully saturated rings. The van der Waals surface area contributed by atoms with Gasteiger partial charge in [-0.2, -0.15) is 5.10 Å². The molecule has 3 rings (SSSR count). The van der Waals surface area contributed by atoms with Crippen LogP contribution in [0.25, 0.3) is 10.6 Å². The molecular formula is C16H15N5O3S. The number of nitrogens with zero attached hydrogens (tertiary/aromatic N) is 4. The molecule has 0 radical (unpaired) electrons. The topological polar surface area (TPSA) is 98.9 Å². The summed E-state index contributed by atoms with van der Waals surface area (Å²) in [7, 11) is 0. The summed E-state index contributed by atoms with van der Waals surface area (Å²) < 4.78 is 2.52. The fourth-order valence-corrected chi connectivity index (χ4v) is 2.86. The van der Waals surface area contributed by atoms with E-state index in [-0.39, 0.29) is 36.7 Å². The van der Waals surface area contributed by atoms with Crippen LogP contribution in [0.3, 0.4) is 0 Å². The third-order valence-corrected chi connectivity index (χ3v) is 4.28. The molecule has 0 aliphatic rings. The lowest BCUT2D eigenvalue weighted by atomic mass is 10.3. The summed E-state index contributed by atoms with van der Waals surface area (Å²) in [5, 5.41) is 8.91. The standard InChI is InChI=1S/C16H15N5O3S/c22-14(10-20-11-17-6-5-15(20)23)18-7-8-21-16(24)4-3-12(19-21)13-2-1-9-25-13/h1-6,9,11H,7-8,10H2,(H,18,22). The molecule has 1 amide bonds. The number of carbonyl (C=O) groups excluding carboxylic acids is 1. The first-order valence-electron chi connectivity index (χ1n) is 7.53. The Morgan fingerprint density at radius 2 is 2.04 bits per heavy atom. The number of thiophene rings is 1. The summed E-state index contributed by atoms with van der Waals surface area (Å²) >= 11 is 1.54. The van der Waals surface area contributed by atoms with Crippen LogP contribution in [0.5, 0.6) is 0 Å². The zero-order chi connectivity index (χ0) is 17.6. The third kappa shape index (κ3) is 4.27. The molecular weight excluding hydrogens is 342 g/mol. The van der Waals surface area contributed by atoms with Crippen molar-refractivity contribution in [3.8, 4) is 10.6 Å². The zero-order valence-electron chi connectivity index (χ0n) is 13.2. The van der Waals surface area contributed by atoms with Gasteiger partial charge in [0.25, 0.3) is 11.1 Å². The summed E-state index contributed by atoms with van der Waals surface area (Å²) in [5.74, 6) is -0.336. The molecule has 0 saturated heterocycles. The molecule has 0 aromatic carbocycles. The van der Waals surface area contributed by atoms with E-state index in [0.717, 1.165) is 4.88 Å². The average molecular weight is 357 g/mol. The molecule has 25 heavy (non-hydrogen) atoms. The number of hydrogen-bond donors (Lipinski definition) is 1. The van der Waals surface area contributed by atoms with Crippen molar-refractivity contribution in [2.24, 2.45) is 0 Å². The van der Waals surface area contributed by atoms with Gasteiger partial charge >= 0.3 is 0 Å². The summed E-state index contributed by atoms with van der Waals surface area (Å²) in [6, 6.07) is 8.26. The molecule has 3 aromatic rings. The van der Waals surface area contributed by atoms with Gasteiger partial charge < -0.3 is 5.32 Å². The highest BCUT2D eigenvalue weighted by Gasteiger charge is 2.06. The van der Waals surface area contributed by atoms with Crippen molar-refractivity contribution >= 4 is 17.2 Å². The zero-order valence-corrected chi connectivity index (χ0v) is 14.0. The van der Waals surface area contributed by atoms with Gasteiger partial charge in [0.1, 0.15) is 12.2 Å². The SMILES string of the molecule is O=C(Cn1cnccc1=O)NCCn1nc(-c2cccs2)ccc1=O. The minimum absolute atomic E-state index is 0.121. The van der Waals surface area contributed by atoms with Crippen molar-refractivity contribution in [2.75, 3.05) is 6.54 Å². The Bertz CT molecular complexity index is 978. The maximum absolute atomic E-state index is 11.9. The number of aromatic nitrogens is 4. The van der Waals surface area contributed by atoms with E-state index in [9.17, 15) is 14.4 Å². The Morgan fingerprint density at radius 1 is 1.16 bits per heavy atom. The molecule has 1 N–H and O–H groups in total. The Hall–Kier alpha value is -3.07. The quantitative estimate of drug-likeness (QED) is 0.686. The number of hydrogen-bond acceptors (Lipinski definition) is 6.